The monoisotopic (exact) mass is 253 g/mol. The Kier molecular flexibility index (Phi) is 2.59. The lowest BCUT2D eigenvalue weighted by molar-refractivity contribution is 1.10. The lowest BCUT2D eigenvalue weighted by Crippen LogP contribution is -2.08. The molecule has 96 valence electrons. The number of pyridine rings is 1. The highest BCUT2D eigenvalue weighted by atomic mass is 15.3. The van der Waals surface area contributed by atoms with E-state index < -0.39 is 0 Å². The average molecular weight is 253 g/mol. The van der Waals surface area contributed by atoms with Crippen molar-refractivity contribution in [3.63, 3.8) is 0 Å². The standard InChI is InChI=1S/C14H15N5/c1-18(2)11-6-3-5-10(9-11)14-17-16-13-8-4-7-12(15)19(13)14/h3-9H,15H2,1-2H3. The van der Waals surface area contributed by atoms with Crippen LogP contribution in [-0.4, -0.2) is 28.7 Å². The van der Waals surface area contributed by atoms with Gasteiger partial charge in [-0.15, -0.1) is 10.2 Å². The molecule has 0 spiro atoms. The van der Waals surface area contributed by atoms with Gasteiger partial charge in [0.25, 0.3) is 0 Å². The number of fused-ring (bicyclic) bond motifs is 1. The zero-order chi connectivity index (χ0) is 13.4. The average Bonchev–Trinajstić information content (AvgIpc) is 2.84. The number of rotatable bonds is 2. The van der Waals surface area contributed by atoms with Crippen molar-refractivity contribution in [3.8, 4) is 11.4 Å². The van der Waals surface area contributed by atoms with Gasteiger partial charge in [-0.2, -0.15) is 0 Å². The molecule has 0 bridgehead atoms. The molecule has 5 heteroatoms. The number of anilines is 2. The van der Waals surface area contributed by atoms with Crippen molar-refractivity contribution in [1.82, 2.24) is 14.6 Å². The highest BCUT2D eigenvalue weighted by molar-refractivity contribution is 5.67. The van der Waals surface area contributed by atoms with Crippen molar-refractivity contribution < 1.29 is 0 Å². The zero-order valence-electron chi connectivity index (χ0n) is 10.9. The van der Waals surface area contributed by atoms with Crippen LogP contribution < -0.4 is 10.6 Å². The van der Waals surface area contributed by atoms with Crippen molar-refractivity contribution in [3.05, 3.63) is 42.5 Å². The van der Waals surface area contributed by atoms with E-state index in [4.69, 9.17) is 5.73 Å². The number of hydrogen-bond donors (Lipinski definition) is 1. The van der Waals surface area contributed by atoms with Crippen LogP contribution in [0.2, 0.25) is 0 Å². The van der Waals surface area contributed by atoms with Crippen LogP contribution in [0.5, 0.6) is 0 Å². The van der Waals surface area contributed by atoms with E-state index in [0.29, 0.717) is 5.82 Å². The molecule has 0 saturated heterocycles. The van der Waals surface area contributed by atoms with Gasteiger partial charge in [0, 0.05) is 25.3 Å². The van der Waals surface area contributed by atoms with E-state index in [0.717, 1.165) is 22.7 Å². The molecule has 3 rings (SSSR count). The number of aromatic nitrogens is 3. The van der Waals surface area contributed by atoms with Crippen LogP contribution in [0.3, 0.4) is 0 Å². The minimum atomic E-state index is 0.632. The van der Waals surface area contributed by atoms with Crippen molar-refractivity contribution in [2.45, 2.75) is 0 Å². The maximum atomic E-state index is 6.01. The van der Waals surface area contributed by atoms with Crippen LogP contribution in [0.1, 0.15) is 0 Å². The number of nitrogen functional groups attached to an aromatic ring is 1. The van der Waals surface area contributed by atoms with Gasteiger partial charge in [0.1, 0.15) is 5.82 Å². The predicted octanol–water partition coefficient (Wildman–Crippen LogP) is 2.04. The number of nitrogens with two attached hydrogens (primary N) is 1. The summed E-state index contributed by atoms with van der Waals surface area (Å²) in [7, 11) is 4.02. The first-order valence-electron chi connectivity index (χ1n) is 6.04. The summed E-state index contributed by atoms with van der Waals surface area (Å²) in [5, 5.41) is 8.39. The first-order chi connectivity index (χ1) is 9.16. The quantitative estimate of drug-likeness (QED) is 0.759. The Hall–Kier alpha value is -2.56. The molecule has 0 unspecified atom stereocenters. The highest BCUT2D eigenvalue weighted by Gasteiger charge is 2.10. The summed E-state index contributed by atoms with van der Waals surface area (Å²) in [6.45, 7) is 0. The molecule has 0 saturated carbocycles. The molecule has 0 aliphatic heterocycles. The summed E-state index contributed by atoms with van der Waals surface area (Å²) in [5.41, 5.74) is 8.88. The summed E-state index contributed by atoms with van der Waals surface area (Å²) < 4.78 is 1.86. The fraction of sp³-hybridized carbons (Fsp3) is 0.143. The number of nitrogens with zero attached hydrogens (tertiary/aromatic N) is 4. The van der Waals surface area contributed by atoms with Gasteiger partial charge in [-0.3, -0.25) is 4.40 Å². The molecule has 2 N–H and O–H groups in total. The summed E-state index contributed by atoms with van der Waals surface area (Å²) in [5.74, 6) is 1.39. The number of hydrogen-bond acceptors (Lipinski definition) is 4. The van der Waals surface area contributed by atoms with E-state index in [-0.39, 0.29) is 0 Å². The molecule has 5 nitrogen and oxygen atoms in total. The molecule has 0 aliphatic carbocycles. The Morgan fingerprint density at radius 2 is 1.84 bits per heavy atom. The smallest absolute Gasteiger partial charge is 0.170 e. The van der Waals surface area contributed by atoms with Crippen molar-refractivity contribution in [1.29, 1.82) is 0 Å². The molecule has 0 fully saturated rings. The fourth-order valence-electron chi connectivity index (χ4n) is 2.08. The molecule has 0 amide bonds. The van der Waals surface area contributed by atoms with E-state index in [1.807, 2.05) is 48.8 Å². The maximum absolute atomic E-state index is 6.01. The van der Waals surface area contributed by atoms with E-state index in [2.05, 4.69) is 27.2 Å². The Balaban J connectivity index is 2.22. The van der Waals surface area contributed by atoms with Crippen molar-refractivity contribution in [2.75, 3.05) is 24.7 Å². The van der Waals surface area contributed by atoms with E-state index in [9.17, 15) is 0 Å². The van der Waals surface area contributed by atoms with Crippen LogP contribution in [0.4, 0.5) is 11.5 Å². The SMILES string of the molecule is CN(C)c1cccc(-c2nnc3cccc(N)n23)c1. The molecule has 3 aromatic rings. The molecule has 19 heavy (non-hydrogen) atoms. The van der Waals surface area contributed by atoms with Crippen molar-refractivity contribution >= 4 is 17.2 Å². The third-order valence-electron chi connectivity index (χ3n) is 3.08. The van der Waals surface area contributed by atoms with Crippen LogP contribution in [0.15, 0.2) is 42.5 Å². The summed E-state index contributed by atoms with van der Waals surface area (Å²) in [4.78, 5) is 2.05. The summed E-state index contributed by atoms with van der Waals surface area (Å²) in [6.07, 6.45) is 0. The Morgan fingerprint density at radius 1 is 1.05 bits per heavy atom. The Morgan fingerprint density at radius 3 is 2.63 bits per heavy atom. The van der Waals surface area contributed by atoms with Gasteiger partial charge in [0.2, 0.25) is 0 Å². The third kappa shape index (κ3) is 1.89. The Bertz CT molecular complexity index is 730. The summed E-state index contributed by atoms with van der Waals surface area (Å²) in [6, 6.07) is 13.7. The van der Waals surface area contributed by atoms with Gasteiger partial charge in [0.15, 0.2) is 11.5 Å². The van der Waals surface area contributed by atoms with Crippen LogP contribution in [0, 0.1) is 0 Å². The molecule has 2 aromatic heterocycles. The van der Waals surface area contributed by atoms with Gasteiger partial charge in [0.05, 0.1) is 0 Å². The lowest BCUT2D eigenvalue weighted by atomic mass is 10.2. The number of benzene rings is 1. The molecule has 1 aromatic carbocycles. The molecule has 0 radical (unpaired) electrons. The van der Waals surface area contributed by atoms with Crippen LogP contribution in [-0.2, 0) is 0 Å². The molecule has 2 heterocycles. The van der Waals surface area contributed by atoms with Gasteiger partial charge in [-0.1, -0.05) is 18.2 Å². The first kappa shape index (κ1) is 11.5. The second kappa shape index (κ2) is 4.28. The molecular weight excluding hydrogens is 238 g/mol. The van der Waals surface area contributed by atoms with Crippen molar-refractivity contribution in [2.24, 2.45) is 0 Å². The Labute approximate surface area is 111 Å². The topological polar surface area (TPSA) is 59.5 Å². The zero-order valence-corrected chi connectivity index (χ0v) is 10.9. The van der Waals surface area contributed by atoms with E-state index in [1.165, 1.54) is 0 Å². The fourth-order valence-corrected chi connectivity index (χ4v) is 2.08. The third-order valence-corrected chi connectivity index (χ3v) is 3.08. The van der Waals surface area contributed by atoms with Gasteiger partial charge >= 0.3 is 0 Å². The maximum Gasteiger partial charge on any atom is 0.170 e. The molecule has 0 aliphatic rings. The van der Waals surface area contributed by atoms with Gasteiger partial charge in [-0.25, -0.2) is 0 Å². The van der Waals surface area contributed by atoms with Gasteiger partial charge < -0.3 is 10.6 Å². The summed E-state index contributed by atoms with van der Waals surface area (Å²) >= 11 is 0. The predicted molar refractivity (Wildman–Crippen MR) is 77.2 cm³/mol. The van der Waals surface area contributed by atoms with E-state index in [1.54, 1.807) is 0 Å². The van der Waals surface area contributed by atoms with Crippen LogP contribution in [0.25, 0.3) is 17.0 Å². The second-order valence-electron chi connectivity index (χ2n) is 4.61. The van der Waals surface area contributed by atoms with Crippen LogP contribution >= 0.6 is 0 Å². The van der Waals surface area contributed by atoms with E-state index >= 15 is 0 Å². The normalized spacial score (nSPS) is 10.8. The second-order valence-corrected chi connectivity index (χ2v) is 4.61. The highest BCUT2D eigenvalue weighted by Crippen LogP contribution is 2.24. The first-order valence-corrected chi connectivity index (χ1v) is 6.04. The molecular formula is C14H15N5. The minimum absolute atomic E-state index is 0.632. The lowest BCUT2D eigenvalue weighted by Gasteiger charge is -2.13. The largest absolute Gasteiger partial charge is 0.385 e. The van der Waals surface area contributed by atoms with Gasteiger partial charge in [-0.05, 0) is 24.3 Å². The molecule has 0 atom stereocenters. The minimum Gasteiger partial charge on any atom is -0.385 e.